The average molecular weight is 157 g/mol. The van der Waals surface area contributed by atoms with Crippen LogP contribution < -0.4 is 0 Å². The van der Waals surface area contributed by atoms with Crippen LogP contribution in [0.1, 0.15) is 37.7 Å². The molecule has 0 heterocycles. The third-order valence-electron chi connectivity index (χ3n) is 1.43. The molecule has 11 heavy (non-hydrogen) atoms. The van der Waals surface area contributed by atoms with E-state index in [2.05, 4.69) is 0 Å². The highest BCUT2D eigenvalue weighted by atomic mass is 16.2. The quantitative estimate of drug-likeness (QED) is 0.622. The van der Waals surface area contributed by atoms with Crippen molar-refractivity contribution in [3.05, 3.63) is 23.3 Å². The molecule has 0 atom stereocenters. The number of aliphatic hydroxyl groups excluding tert-OH is 1. The standard InChI is InChI=1S/C10H18O/c1-9(2)5-4-6-10(3)7-8-11/h5,7,11H,4,6,8H2,1-3H3/b10-7+/i1D3/b9-5?,10-7+. The Balaban J connectivity index is 4.00. The van der Waals surface area contributed by atoms with Crippen molar-refractivity contribution < 1.29 is 9.22 Å². The number of aliphatic hydroxyl groups is 1. The molecule has 0 amide bonds. The molecule has 0 fully saturated rings. The summed E-state index contributed by atoms with van der Waals surface area (Å²) in [6, 6.07) is 0. The van der Waals surface area contributed by atoms with E-state index in [0.717, 1.165) is 12.0 Å². The fourth-order valence-corrected chi connectivity index (χ4v) is 0.774. The summed E-state index contributed by atoms with van der Waals surface area (Å²) in [5, 5.41) is 8.59. The predicted molar refractivity (Wildman–Crippen MR) is 49.5 cm³/mol. The Morgan fingerprint density at radius 3 is 2.73 bits per heavy atom. The maximum absolute atomic E-state index is 8.59. The molecule has 64 valence electrons. The van der Waals surface area contributed by atoms with Gasteiger partial charge in [0, 0.05) is 4.11 Å². The molecule has 1 N–H and O–H groups in total. The molecule has 0 aromatic rings. The maximum atomic E-state index is 8.59. The van der Waals surface area contributed by atoms with Crippen LogP contribution in [-0.2, 0) is 0 Å². The van der Waals surface area contributed by atoms with Gasteiger partial charge in [-0.05, 0) is 33.5 Å². The van der Waals surface area contributed by atoms with E-state index in [0.29, 0.717) is 12.0 Å². The molecule has 0 rings (SSSR count). The van der Waals surface area contributed by atoms with Gasteiger partial charge in [-0.25, -0.2) is 0 Å². The summed E-state index contributed by atoms with van der Waals surface area (Å²) >= 11 is 0. The van der Waals surface area contributed by atoms with Crippen molar-refractivity contribution in [2.75, 3.05) is 6.61 Å². The van der Waals surface area contributed by atoms with Gasteiger partial charge in [0.25, 0.3) is 0 Å². The summed E-state index contributed by atoms with van der Waals surface area (Å²) < 4.78 is 21.3. The smallest absolute Gasteiger partial charge is 0.0614 e. The molecule has 0 spiro atoms. The van der Waals surface area contributed by atoms with Crippen LogP contribution in [-0.4, -0.2) is 11.7 Å². The van der Waals surface area contributed by atoms with Crippen molar-refractivity contribution in [2.24, 2.45) is 0 Å². The van der Waals surface area contributed by atoms with Crippen molar-refractivity contribution >= 4 is 0 Å². The lowest BCUT2D eigenvalue weighted by Gasteiger charge is -1.96. The molecule has 0 aliphatic rings. The molecular weight excluding hydrogens is 136 g/mol. The van der Waals surface area contributed by atoms with Gasteiger partial charge in [-0.2, -0.15) is 0 Å². The van der Waals surface area contributed by atoms with Gasteiger partial charge in [-0.15, -0.1) is 0 Å². The summed E-state index contributed by atoms with van der Waals surface area (Å²) in [4.78, 5) is 0. The highest BCUT2D eigenvalue weighted by Gasteiger charge is 1.86. The Hall–Kier alpha value is -0.560. The van der Waals surface area contributed by atoms with Gasteiger partial charge in [0.2, 0.25) is 0 Å². The van der Waals surface area contributed by atoms with Crippen LogP contribution in [0.15, 0.2) is 23.3 Å². The second kappa shape index (κ2) is 6.17. The van der Waals surface area contributed by atoms with Crippen molar-refractivity contribution in [2.45, 2.75) is 33.5 Å². The minimum atomic E-state index is -1.96. The number of rotatable bonds is 4. The highest BCUT2D eigenvalue weighted by molar-refractivity contribution is 5.01. The topological polar surface area (TPSA) is 20.2 Å². The van der Waals surface area contributed by atoms with Gasteiger partial charge in [0.15, 0.2) is 0 Å². The number of allylic oxidation sites excluding steroid dienone is 3. The molecule has 0 bridgehead atoms. The molecule has 0 aliphatic heterocycles. The minimum absolute atomic E-state index is 0.0494. The predicted octanol–water partition coefficient (Wildman–Crippen LogP) is 2.67. The molecular formula is C10H18O. The monoisotopic (exact) mass is 157 g/mol. The lowest BCUT2D eigenvalue weighted by atomic mass is 10.1. The van der Waals surface area contributed by atoms with Gasteiger partial charge < -0.3 is 5.11 Å². The number of hydrogen-bond acceptors (Lipinski definition) is 1. The van der Waals surface area contributed by atoms with E-state index >= 15 is 0 Å². The van der Waals surface area contributed by atoms with Crippen molar-refractivity contribution in [3.63, 3.8) is 0 Å². The normalized spacial score (nSPS) is 19.0. The molecule has 0 aromatic heterocycles. The molecule has 1 nitrogen and oxygen atoms in total. The number of hydrogen-bond donors (Lipinski definition) is 1. The highest BCUT2D eigenvalue weighted by Crippen LogP contribution is 2.05. The van der Waals surface area contributed by atoms with Crippen LogP contribution in [0.3, 0.4) is 0 Å². The molecule has 1 heteroatoms. The van der Waals surface area contributed by atoms with E-state index in [1.807, 2.05) is 6.92 Å². The summed E-state index contributed by atoms with van der Waals surface area (Å²) in [7, 11) is 0. The third kappa shape index (κ3) is 7.34. The second-order valence-corrected chi connectivity index (χ2v) is 2.66. The van der Waals surface area contributed by atoms with Gasteiger partial charge >= 0.3 is 0 Å². The van der Waals surface area contributed by atoms with E-state index < -0.39 is 6.85 Å². The Morgan fingerprint density at radius 2 is 2.18 bits per heavy atom. The van der Waals surface area contributed by atoms with E-state index in [-0.39, 0.29) is 6.61 Å². The van der Waals surface area contributed by atoms with Crippen LogP contribution in [0.25, 0.3) is 0 Å². The van der Waals surface area contributed by atoms with Crippen molar-refractivity contribution in [1.82, 2.24) is 0 Å². The van der Waals surface area contributed by atoms with Gasteiger partial charge in [0.1, 0.15) is 0 Å². The zero-order valence-corrected chi connectivity index (χ0v) is 7.22. The first-order chi connectivity index (χ1) is 6.38. The Morgan fingerprint density at radius 1 is 1.45 bits per heavy atom. The average Bonchev–Trinajstić information content (AvgIpc) is 2.02. The first kappa shape index (κ1) is 6.01. The molecule has 0 unspecified atom stereocenters. The first-order valence-electron chi connectivity index (χ1n) is 5.31. The van der Waals surface area contributed by atoms with E-state index in [4.69, 9.17) is 9.22 Å². The molecule has 0 radical (unpaired) electrons. The maximum Gasteiger partial charge on any atom is 0.0614 e. The summed E-state index contributed by atoms with van der Waals surface area (Å²) in [6.45, 7) is 1.63. The van der Waals surface area contributed by atoms with Crippen molar-refractivity contribution in [1.29, 1.82) is 0 Å². The van der Waals surface area contributed by atoms with Crippen LogP contribution in [0.4, 0.5) is 0 Å². The van der Waals surface area contributed by atoms with Gasteiger partial charge in [-0.3, -0.25) is 0 Å². The van der Waals surface area contributed by atoms with Gasteiger partial charge in [-0.1, -0.05) is 23.3 Å². The van der Waals surface area contributed by atoms with Crippen LogP contribution in [0.2, 0.25) is 0 Å². The van der Waals surface area contributed by atoms with Crippen LogP contribution in [0, 0.1) is 0 Å². The molecule has 0 saturated carbocycles. The third-order valence-corrected chi connectivity index (χ3v) is 1.43. The van der Waals surface area contributed by atoms with Crippen LogP contribution in [0.5, 0.6) is 0 Å². The Bertz CT molecular complexity index is 226. The summed E-state index contributed by atoms with van der Waals surface area (Å²) in [5.41, 5.74) is 1.52. The lowest BCUT2D eigenvalue weighted by molar-refractivity contribution is 0.341. The lowest BCUT2D eigenvalue weighted by Crippen LogP contribution is -1.80. The Labute approximate surface area is 73.7 Å². The van der Waals surface area contributed by atoms with Gasteiger partial charge in [0.05, 0.1) is 6.61 Å². The second-order valence-electron chi connectivity index (χ2n) is 2.66. The van der Waals surface area contributed by atoms with E-state index in [1.54, 1.807) is 19.1 Å². The Kier molecular flexibility index (Phi) is 3.37. The molecule has 0 aromatic carbocycles. The fraction of sp³-hybridized carbons (Fsp3) is 0.600. The fourth-order valence-electron chi connectivity index (χ4n) is 0.774. The largest absolute Gasteiger partial charge is 0.392 e. The molecule has 0 saturated heterocycles. The summed E-state index contributed by atoms with van der Waals surface area (Å²) in [6.07, 6.45) is 4.99. The zero-order valence-electron chi connectivity index (χ0n) is 10.2. The van der Waals surface area contributed by atoms with Crippen LogP contribution >= 0.6 is 0 Å². The minimum Gasteiger partial charge on any atom is -0.392 e. The first-order valence-corrected chi connectivity index (χ1v) is 3.81. The molecule has 0 aliphatic carbocycles. The summed E-state index contributed by atoms with van der Waals surface area (Å²) in [5.74, 6) is 0. The van der Waals surface area contributed by atoms with E-state index in [1.165, 1.54) is 0 Å². The van der Waals surface area contributed by atoms with Crippen molar-refractivity contribution in [3.8, 4) is 0 Å². The zero-order chi connectivity index (χ0) is 11.2. The SMILES string of the molecule is [2H]C([2H])([2H])C(C)=CCC/C(C)=C/CO. The van der Waals surface area contributed by atoms with E-state index in [9.17, 15) is 0 Å².